The molecule has 1 aliphatic heterocycles. The molecule has 2 rings (SSSR count). The second-order valence-electron chi connectivity index (χ2n) is 4.60. The number of benzene rings is 1. The Hall–Kier alpha value is -1.03. The van der Waals surface area contributed by atoms with Crippen LogP contribution in [0.25, 0.3) is 0 Å². The van der Waals surface area contributed by atoms with E-state index in [-0.39, 0.29) is 0 Å². The van der Waals surface area contributed by atoms with Gasteiger partial charge in [-0.1, -0.05) is 29.8 Å². The zero-order valence-corrected chi connectivity index (χ0v) is 12.1. The van der Waals surface area contributed by atoms with Crippen LogP contribution < -0.4 is 10.6 Å². The van der Waals surface area contributed by atoms with Crippen LogP contribution in [0.1, 0.15) is 30.9 Å². The van der Waals surface area contributed by atoms with E-state index < -0.39 is 0 Å². The SMILES string of the molecule is Cc1c(NC2=NCCN2)cc(Br)cc1C(C)C. The summed E-state index contributed by atoms with van der Waals surface area (Å²) in [5.74, 6) is 1.40. The van der Waals surface area contributed by atoms with Gasteiger partial charge in [-0.15, -0.1) is 0 Å². The molecular weight excluding hydrogens is 278 g/mol. The molecule has 4 heteroatoms. The van der Waals surface area contributed by atoms with Gasteiger partial charge in [-0.05, 0) is 36.1 Å². The number of anilines is 1. The minimum atomic E-state index is 0.520. The van der Waals surface area contributed by atoms with Crippen molar-refractivity contribution in [1.29, 1.82) is 0 Å². The monoisotopic (exact) mass is 295 g/mol. The molecule has 0 amide bonds. The number of nitrogens with zero attached hydrogens (tertiary/aromatic N) is 1. The van der Waals surface area contributed by atoms with Gasteiger partial charge in [0, 0.05) is 16.7 Å². The number of guanidine groups is 1. The third-order valence-electron chi connectivity index (χ3n) is 2.96. The maximum Gasteiger partial charge on any atom is 0.195 e. The summed E-state index contributed by atoms with van der Waals surface area (Å²) in [6.07, 6.45) is 0. The number of nitrogens with one attached hydrogen (secondary N) is 2. The molecule has 17 heavy (non-hydrogen) atoms. The summed E-state index contributed by atoms with van der Waals surface area (Å²) in [5, 5.41) is 6.58. The van der Waals surface area contributed by atoms with Crippen molar-refractivity contribution in [1.82, 2.24) is 5.32 Å². The summed E-state index contributed by atoms with van der Waals surface area (Å²) < 4.78 is 1.10. The third kappa shape index (κ3) is 2.80. The fourth-order valence-electron chi connectivity index (χ4n) is 2.04. The molecule has 1 heterocycles. The van der Waals surface area contributed by atoms with Gasteiger partial charge in [0.2, 0.25) is 0 Å². The summed E-state index contributed by atoms with van der Waals surface area (Å²) in [6, 6.07) is 4.29. The first-order valence-corrected chi connectivity index (χ1v) is 6.72. The predicted molar refractivity (Wildman–Crippen MR) is 76.9 cm³/mol. The Balaban J connectivity index is 2.32. The van der Waals surface area contributed by atoms with Gasteiger partial charge in [0.15, 0.2) is 5.96 Å². The summed E-state index contributed by atoms with van der Waals surface area (Å²) in [5.41, 5.74) is 3.77. The molecule has 1 aromatic carbocycles. The molecule has 0 bridgehead atoms. The molecule has 1 aromatic rings. The van der Waals surface area contributed by atoms with E-state index in [0.717, 1.165) is 29.2 Å². The van der Waals surface area contributed by atoms with Crippen LogP contribution in [0.3, 0.4) is 0 Å². The Labute approximate surface area is 111 Å². The molecule has 3 nitrogen and oxygen atoms in total. The molecule has 2 N–H and O–H groups in total. The Kier molecular flexibility index (Phi) is 3.72. The van der Waals surface area contributed by atoms with Crippen molar-refractivity contribution in [3.05, 3.63) is 27.7 Å². The molecule has 0 aliphatic carbocycles. The standard InChI is InChI=1S/C13H18BrN3/c1-8(2)11-6-10(14)7-12(9(11)3)17-13-15-4-5-16-13/h6-8H,4-5H2,1-3H3,(H2,15,16,17). The van der Waals surface area contributed by atoms with Gasteiger partial charge >= 0.3 is 0 Å². The highest BCUT2D eigenvalue weighted by atomic mass is 79.9. The lowest BCUT2D eigenvalue weighted by Crippen LogP contribution is -2.26. The van der Waals surface area contributed by atoms with Crippen molar-refractivity contribution in [3.8, 4) is 0 Å². The lowest BCUT2D eigenvalue weighted by molar-refractivity contribution is 0.856. The quantitative estimate of drug-likeness (QED) is 0.879. The smallest absolute Gasteiger partial charge is 0.195 e. The second-order valence-corrected chi connectivity index (χ2v) is 5.52. The van der Waals surface area contributed by atoms with Crippen LogP contribution in [0.2, 0.25) is 0 Å². The largest absolute Gasteiger partial charge is 0.354 e. The van der Waals surface area contributed by atoms with Crippen molar-refractivity contribution in [2.24, 2.45) is 4.99 Å². The number of aliphatic imine (C=N–C) groups is 1. The van der Waals surface area contributed by atoms with E-state index >= 15 is 0 Å². The minimum Gasteiger partial charge on any atom is -0.354 e. The van der Waals surface area contributed by atoms with E-state index in [0.29, 0.717) is 5.92 Å². The molecule has 0 unspecified atom stereocenters. The van der Waals surface area contributed by atoms with Crippen LogP contribution >= 0.6 is 15.9 Å². The highest BCUT2D eigenvalue weighted by Crippen LogP contribution is 2.29. The van der Waals surface area contributed by atoms with E-state index in [4.69, 9.17) is 0 Å². The molecule has 0 fully saturated rings. The Morgan fingerprint density at radius 3 is 2.76 bits per heavy atom. The Bertz CT molecular complexity index is 452. The summed E-state index contributed by atoms with van der Waals surface area (Å²) in [7, 11) is 0. The van der Waals surface area contributed by atoms with E-state index in [1.54, 1.807) is 0 Å². The molecule has 0 saturated heterocycles. The molecule has 0 saturated carbocycles. The van der Waals surface area contributed by atoms with Crippen LogP contribution in [0.4, 0.5) is 5.69 Å². The minimum absolute atomic E-state index is 0.520. The van der Waals surface area contributed by atoms with Gasteiger partial charge in [-0.25, -0.2) is 0 Å². The van der Waals surface area contributed by atoms with E-state index in [2.05, 4.69) is 64.5 Å². The van der Waals surface area contributed by atoms with Gasteiger partial charge in [0.1, 0.15) is 0 Å². The average molecular weight is 296 g/mol. The topological polar surface area (TPSA) is 36.4 Å². The molecular formula is C13H18BrN3. The molecule has 0 radical (unpaired) electrons. The normalized spacial score (nSPS) is 14.8. The highest BCUT2D eigenvalue weighted by Gasteiger charge is 2.12. The lowest BCUT2D eigenvalue weighted by Gasteiger charge is -2.16. The summed E-state index contributed by atoms with van der Waals surface area (Å²) in [6.45, 7) is 8.35. The van der Waals surface area contributed by atoms with Gasteiger partial charge < -0.3 is 10.6 Å². The van der Waals surface area contributed by atoms with Crippen molar-refractivity contribution in [2.45, 2.75) is 26.7 Å². The first-order chi connectivity index (χ1) is 8.08. The third-order valence-corrected chi connectivity index (χ3v) is 3.42. The van der Waals surface area contributed by atoms with Crippen LogP contribution in [-0.4, -0.2) is 19.0 Å². The van der Waals surface area contributed by atoms with Crippen LogP contribution in [0.5, 0.6) is 0 Å². The number of hydrogen-bond acceptors (Lipinski definition) is 3. The number of hydrogen-bond donors (Lipinski definition) is 2. The van der Waals surface area contributed by atoms with E-state index in [9.17, 15) is 0 Å². The van der Waals surface area contributed by atoms with Gasteiger partial charge in [-0.2, -0.15) is 0 Å². The summed E-state index contributed by atoms with van der Waals surface area (Å²) >= 11 is 3.56. The molecule has 0 aromatic heterocycles. The van der Waals surface area contributed by atoms with Crippen molar-refractivity contribution < 1.29 is 0 Å². The number of halogens is 1. The predicted octanol–water partition coefficient (Wildman–Crippen LogP) is 3.25. The van der Waals surface area contributed by atoms with Gasteiger partial charge in [-0.3, -0.25) is 4.99 Å². The Morgan fingerprint density at radius 2 is 2.18 bits per heavy atom. The maximum atomic E-state index is 4.36. The summed E-state index contributed by atoms with van der Waals surface area (Å²) in [4.78, 5) is 4.36. The maximum absolute atomic E-state index is 4.36. The number of rotatable bonds is 2. The zero-order valence-electron chi connectivity index (χ0n) is 10.5. The fraction of sp³-hybridized carbons (Fsp3) is 0.462. The zero-order chi connectivity index (χ0) is 12.4. The molecule has 0 spiro atoms. The lowest BCUT2D eigenvalue weighted by atomic mass is 9.97. The van der Waals surface area contributed by atoms with Crippen molar-refractivity contribution in [3.63, 3.8) is 0 Å². The van der Waals surface area contributed by atoms with Gasteiger partial charge in [0.25, 0.3) is 0 Å². The molecule has 1 aliphatic rings. The highest BCUT2D eigenvalue weighted by molar-refractivity contribution is 9.10. The van der Waals surface area contributed by atoms with Crippen LogP contribution in [-0.2, 0) is 0 Å². The van der Waals surface area contributed by atoms with Crippen molar-refractivity contribution >= 4 is 27.6 Å². The average Bonchev–Trinajstić information content (AvgIpc) is 2.75. The van der Waals surface area contributed by atoms with E-state index in [1.807, 2.05) is 0 Å². The van der Waals surface area contributed by atoms with E-state index in [1.165, 1.54) is 11.1 Å². The first-order valence-electron chi connectivity index (χ1n) is 5.93. The molecule has 92 valence electrons. The fourth-order valence-corrected chi connectivity index (χ4v) is 2.51. The second kappa shape index (κ2) is 5.08. The van der Waals surface area contributed by atoms with Crippen molar-refractivity contribution in [2.75, 3.05) is 18.4 Å². The van der Waals surface area contributed by atoms with Crippen LogP contribution in [0.15, 0.2) is 21.6 Å². The van der Waals surface area contributed by atoms with Crippen LogP contribution in [0, 0.1) is 6.92 Å². The Morgan fingerprint density at radius 1 is 1.41 bits per heavy atom. The first kappa shape index (κ1) is 12.4. The molecule has 0 atom stereocenters. The van der Waals surface area contributed by atoms with Gasteiger partial charge in [0.05, 0.1) is 6.54 Å².